The van der Waals surface area contributed by atoms with Crippen molar-refractivity contribution in [3.05, 3.63) is 47.4 Å². The molecule has 0 fully saturated rings. The van der Waals surface area contributed by atoms with E-state index < -0.39 is 0 Å². The first kappa shape index (κ1) is 14.1. The fourth-order valence-electron chi connectivity index (χ4n) is 1.76. The Morgan fingerprint density at radius 3 is 2.70 bits per heavy atom. The first-order valence-electron chi connectivity index (χ1n) is 5.86. The molecule has 0 bridgehead atoms. The lowest BCUT2D eigenvalue weighted by Gasteiger charge is -2.11. The summed E-state index contributed by atoms with van der Waals surface area (Å²) in [6.45, 7) is 1.72. The number of methoxy groups -OCH3 is 1. The molecule has 1 amide bonds. The van der Waals surface area contributed by atoms with Gasteiger partial charge in [0.15, 0.2) is 0 Å². The van der Waals surface area contributed by atoms with Gasteiger partial charge in [-0.2, -0.15) is 0 Å². The summed E-state index contributed by atoms with van der Waals surface area (Å²) in [5, 5.41) is 2.76. The van der Waals surface area contributed by atoms with Crippen molar-refractivity contribution in [3.63, 3.8) is 0 Å². The molecule has 0 aliphatic rings. The van der Waals surface area contributed by atoms with Crippen LogP contribution in [0.5, 0.6) is 5.75 Å². The Labute approximate surface area is 121 Å². The summed E-state index contributed by atoms with van der Waals surface area (Å²) in [6.07, 6.45) is 1.47. The molecular weight excluding hydrogens is 276 g/mol. The number of nitrogens with one attached hydrogen (secondary N) is 1. The number of amides is 1. The fourth-order valence-corrected chi connectivity index (χ4v) is 1.88. The monoisotopic (exact) mass is 290 g/mol. The first-order valence-corrected chi connectivity index (χ1v) is 6.27. The van der Waals surface area contributed by atoms with Crippen molar-refractivity contribution in [1.82, 2.24) is 0 Å². The molecule has 0 spiro atoms. The van der Waals surface area contributed by atoms with E-state index in [0.717, 1.165) is 0 Å². The van der Waals surface area contributed by atoms with Gasteiger partial charge in [0.05, 0.1) is 24.6 Å². The molecule has 1 aromatic carbocycles. The second-order valence-corrected chi connectivity index (χ2v) is 4.56. The highest BCUT2D eigenvalue weighted by Gasteiger charge is 2.14. The Hall–Kier alpha value is -2.34. The number of aryl methyl sites for hydroxylation is 1. The molecule has 5 nitrogen and oxygen atoms in total. The molecule has 0 saturated carbocycles. The van der Waals surface area contributed by atoms with E-state index >= 15 is 0 Å². The number of benzene rings is 1. The van der Waals surface area contributed by atoms with Crippen LogP contribution >= 0.6 is 12.2 Å². The van der Waals surface area contributed by atoms with Crippen molar-refractivity contribution in [2.24, 2.45) is 5.73 Å². The van der Waals surface area contributed by atoms with E-state index in [-0.39, 0.29) is 10.9 Å². The summed E-state index contributed by atoms with van der Waals surface area (Å²) in [7, 11) is 1.51. The van der Waals surface area contributed by atoms with Crippen LogP contribution in [0.3, 0.4) is 0 Å². The zero-order valence-electron chi connectivity index (χ0n) is 11.1. The van der Waals surface area contributed by atoms with E-state index in [4.69, 9.17) is 27.1 Å². The SMILES string of the molecule is COc1cc(C(N)=S)ccc1NC(=O)c1ccoc1C. The predicted octanol–water partition coefficient (Wildman–Crippen LogP) is 2.48. The average Bonchev–Trinajstić information content (AvgIpc) is 2.85. The maximum absolute atomic E-state index is 12.1. The van der Waals surface area contributed by atoms with Crippen molar-refractivity contribution in [2.45, 2.75) is 6.92 Å². The van der Waals surface area contributed by atoms with E-state index in [2.05, 4.69) is 5.32 Å². The number of nitrogens with two attached hydrogens (primary N) is 1. The van der Waals surface area contributed by atoms with Gasteiger partial charge in [-0.3, -0.25) is 4.79 Å². The lowest BCUT2D eigenvalue weighted by Crippen LogP contribution is -2.14. The third-order valence-electron chi connectivity index (χ3n) is 2.84. The molecule has 1 heterocycles. The van der Waals surface area contributed by atoms with Crippen molar-refractivity contribution >= 4 is 28.8 Å². The molecule has 20 heavy (non-hydrogen) atoms. The fraction of sp³-hybridized carbons (Fsp3) is 0.143. The zero-order valence-corrected chi connectivity index (χ0v) is 11.9. The molecule has 0 saturated heterocycles. The molecule has 0 aliphatic heterocycles. The summed E-state index contributed by atoms with van der Waals surface area (Å²) in [4.78, 5) is 12.4. The lowest BCUT2D eigenvalue weighted by molar-refractivity contribution is 0.102. The maximum Gasteiger partial charge on any atom is 0.259 e. The number of rotatable bonds is 4. The molecule has 0 atom stereocenters. The van der Waals surface area contributed by atoms with Crippen LogP contribution in [0.4, 0.5) is 5.69 Å². The van der Waals surface area contributed by atoms with E-state index in [1.165, 1.54) is 13.4 Å². The summed E-state index contributed by atoms with van der Waals surface area (Å²) in [5.74, 6) is 0.781. The third-order valence-corrected chi connectivity index (χ3v) is 3.07. The topological polar surface area (TPSA) is 77.5 Å². The molecular formula is C14H14N2O3S. The van der Waals surface area contributed by atoms with Crippen LogP contribution in [0, 0.1) is 6.92 Å². The van der Waals surface area contributed by atoms with Gasteiger partial charge in [-0.1, -0.05) is 12.2 Å². The van der Waals surface area contributed by atoms with Crippen LogP contribution in [-0.4, -0.2) is 18.0 Å². The number of ether oxygens (including phenoxy) is 1. The van der Waals surface area contributed by atoms with Crippen LogP contribution < -0.4 is 15.8 Å². The van der Waals surface area contributed by atoms with Gasteiger partial charge in [-0.15, -0.1) is 0 Å². The average molecular weight is 290 g/mol. The van der Waals surface area contributed by atoms with Crippen LogP contribution in [0.15, 0.2) is 34.9 Å². The summed E-state index contributed by atoms with van der Waals surface area (Å²) in [6, 6.07) is 6.71. The summed E-state index contributed by atoms with van der Waals surface area (Å²) >= 11 is 4.91. The Balaban J connectivity index is 2.27. The smallest absolute Gasteiger partial charge is 0.259 e. The minimum absolute atomic E-state index is 0.266. The highest BCUT2D eigenvalue weighted by molar-refractivity contribution is 7.80. The van der Waals surface area contributed by atoms with Gasteiger partial charge in [-0.05, 0) is 31.2 Å². The van der Waals surface area contributed by atoms with Gasteiger partial charge < -0.3 is 20.2 Å². The van der Waals surface area contributed by atoms with Gasteiger partial charge in [0, 0.05) is 5.56 Å². The van der Waals surface area contributed by atoms with Crippen LogP contribution in [0.25, 0.3) is 0 Å². The summed E-state index contributed by atoms with van der Waals surface area (Å²) < 4.78 is 10.3. The number of anilines is 1. The highest BCUT2D eigenvalue weighted by Crippen LogP contribution is 2.26. The Morgan fingerprint density at radius 1 is 1.40 bits per heavy atom. The third kappa shape index (κ3) is 2.80. The lowest BCUT2D eigenvalue weighted by atomic mass is 10.1. The maximum atomic E-state index is 12.1. The van der Waals surface area contributed by atoms with E-state index in [0.29, 0.717) is 28.3 Å². The molecule has 0 radical (unpaired) electrons. The molecule has 1 aromatic heterocycles. The quantitative estimate of drug-likeness (QED) is 0.846. The van der Waals surface area contributed by atoms with Gasteiger partial charge >= 0.3 is 0 Å². The normalized spacial score (nSPS) is 10.1. The van der Waals surface area contributed by atoms with Crippen LogP contribution in [0.2, 0.25) is 0 Å². The van der Waals surface area contributed by atoms with Gasteiger partial charge in [0.1, 0.15) is 16.5 Å². The second kappa shape index (κ2) is 5.75. The Morgan fingerprint density at radius 2 is 2.15 bits per heavy atom. The molecule has 3 N–H and O–H groups in total. The largest absolute Gasteiger partial charge is 0.495 e. The molecule has 0 aliphatic carbocycles. The number of thiocarbonyl (C=S) groups is 1. The van der Waals surface area contributed by atoms with E-state index in [1.807, 2.05) is 0 Å². The van der Waals surface area contributed by atoms with Crippen molar-refractivity contribution in [1.29, 1.82) is 0 Å². The van der Waals surface area contributed by atoms with E-state index in [1.54, 1.807) is 31.2 Å². The number of hydrogen-bond acceptors (Lipinski definition) is 4. The summed E-state index contributed by atoms with van der Waals surface area (Å²) in [5.41, 5.74) is 7.25. The Kier molecular flexibility index (Phi) is 4.05. The number of carbonyl (C=O) groups is 1. The molecule has 0 unspecified atom stereocenters. The highest BCUT2D eigenvalue weighted by atomic mass is 32.1. The minimum atomic E-state index is -0.266. The molecule has 2 aromatic rings. The van der Waals surface area contributed by atoms with Gasteiger partial charge in [-0.25, -0.2) is 0 Å². The van der Waals surface area contributed by atoms with Crippen molar-refractivity contribution < 1.29 is 13.9 Å². The standard InChI is InChI=1S/C14H14N2O3S/c1-8-10(5-6-19-8)14(17)16-11-4-3-9(13(15)20)7-12(11)18-2/h3-7H,1-2H3,(H2,15,20)(H,16,17). The van der Waals surface area contributed by atoms with Crippen molar-refractivity contribution in [2.75, 3.05) is 12.4 Å². The molecule has 6 heteroatoms. The Bertz CT molecular complexity index is 664. The van der Waals surface area contributed by atoms with Gasteiger partial charge in [0.25, 0.3) is 5.91 Å². The number of carbonyl (C=O) groups excluding carboxylic acids is 1. The second-order valence-electron chi connectivity index (χ2n) is 4.12. The predicted molar refractivity (Wildman–Crippen MR) is 80.3 cm³/mol. The number of hydrogen-bond donors (Lipinski definition) is 2. The van der Waals surface area contributed by atoms with Crippen LogP contribution in [-0.2, 0) is 0 Å². The van der Waals surface area contributed by atoms with Gasteiger partial charge in [0.2, 0.25) is 0 Å². The minimum Gasteiger partial charge on any atom is -0.495 e. The van der Waals surface area contributed by atoms with Crippen LogP contribution in [0.1, 0.15) is 21.7 Å². The molecule has 104 valence electrons. The van der Waals surface area contributed by atoms with E-state index in [9.17, 15) is 4.79 Å². The first-order chi connectivity index (χ1) is 9.52. The van der Waals surface area contributed by atoms with Crippen molar-refractivity contribution in [3.8, 4) is 5.75 Å². The number of furan rings is 1. The molecule has 2 rings (SSSR count). The zero-order chi connectivity index (χ0) is 14.7.